The lowest BCUT2D eigenvalue weighted by Gasteiger charge is -2.53. The molecule has 4 atom stereocenters. The van der Waals surface area contributed by atoms with E-state index in [1.54, 1.807) is 46.2 Å². The summed E-state index contributed by atoms with van der Waals surface area (Å²) in [6, 6.07) is 12.7. The van der Waals surface area contributed by atoms with Gasteiger partial charge in [-0.1, -0.05) is 54.4 Å². The summed E-state index contributed by atoms with van der Waals surface area (Å²) in [6.07, 6.45) is 3.29. The summed E-state index contributed by atoms with van der Waals surface area (Å²) in [5.41, 5.74) is 3.42. The number of nitrogens with zero attached hydrogens (tertiary/aromatic N) is 3. The van der Waals surface area contributed by atoms with Gasteiger partial charge < -0.3 is 5.32 Å². The summed E-state index contributed by atoms with van der Waals surface area (Å²) in [4.78, 5) is 35.7. The summed E-state index contributed by atoms with van der Waals surface area (Å²) in [6.45, 7) is 6.02. The number of halogens is 1. The summed E-state index contributed by atoms with van der Waals surface area (Å²) >= 11 is 6.20. The van der Waals surface area contributed by atoms with Gasteiger partial charge in [0.2, 0.25) is 5.91 Å². The topological polar surface area (TPSA) is 99.2 Å². The Labute approximate surface area is 226 Å². The molecule has 2 aromatic rings. The number of nitrogens with one attached hydrogen (secondary N) is 1. The van der Waals surface area contributed by atoms with Crippen molar-refractivity contribution in [2.24, 2.45) is 16.3 Å². The van der Waals surface area contributed by atoms with Crippen molar-refractivity contribution in [3.8, 4) is 0 Å². The Morgan fingerprint density at radius 2 is 1.68 bits per heavy atom. The maximum absolute atomic E-state index is 14.2. The molecule has 4 aliphatic rings. The predicted molar refractivity (Wildman–Crippen MR) is 144 cm³/mol. The fourth-order valence-corrected chi connectivity index (χ4v) is 6.91. The minimum absolute atomic E-state index is 0.0578. The van der Waals surface area contributed by atoms with Crippen LogP contribution >= 0.6 is 11.6 Å². The molecular formula is C28H27ClN4O4S. The summed E-state index contributed by atoms with van der Waals surface area (Å²) in [7, 11) is -3.37. The van der Waals surface area contributed by atoms with Gasteiger partial charge in [0.25, 0.3) is 0 Å². The van der Waals surface area contributed by atoms with Crippen molar-refractivity contribution in [2.75, 3.05) is 12.8 Å². The number of amidine groups is 1. The number of urea groups is 1. The van der Waals surface area contributed by atoms with Crippen LogP contribution in [0.15, 0.2) is 81.5 Å². The fraction of sp³-hybridized carbons (Fsp3) is 0.321. The first kappa shape index (κ1) is 24.9. The Hall–Kier alpha value is -3.43. The molecule has 3 aliphatic heterocycles. The zero-order valence-corrected chi connectivity index (χ0v) is 23.0. The highest BCUT2D eigenvalue weighted by atomic mass is 35.5. The number of benzene rings is 2. The Bertz CT molecular complexity index is 1590. The van der Waals surface area contributed by atoms with Crippen LogP contribution in [0.1, 0.15) is 44.0 Å². The van der Waals surface area contributed by atoms with Crippen LogP contribution in [0.25, 0.3) is 0 Å². The van der Waals surface area contributed by atoms with Crippen LogP contribution in [0.2, 0.25) is 5.02 Å². The number of aliphatic imine (C=N–C) groups is 1. The van der Waals surface area contributed by atoms with Crippen molar-refractivity contribution in [1.82, 2.24) is 15.1 Å². The molecule has 6 rings (SSSR count). The maximum atomic E-state index is 14.2. The van der Waals surface area contributed by atoms with Gasteiger partial charge in [0.05, 0.1) is 22.0 Å². The van der Waals surface area contributed by atoms with Crippen LogP contribution in [0.4, 0.5) is 4.79 Å². The fourth-order valence-electron chi connectivity index (χ4n) is 6.15. The SMILES string of the molecule is CC1=CC(C)C2=C3N(CC(=O)N2)C(=O)N2C(=NC(c4ccc(S(C)(=O)=O)cc4)C2c2ccc(Cl)cc2)C13C. The summed E-state index contributed by atoms with van der Waals surface area (Å²) in [5.74, 6) is 0.326. The van der Waals surface area contributed by atoms with Gasteiger partial charge in [-0.05, 0) is 49.2 Å². The van der Waals surface area contributed by atoms with Crippen molar-refractivity contribution in [3.05, 3.63) is 87.7 Å². The van der Waals surface area contributed by atoms with Crippen molar-refractivity contribution in [2.45, 2.75) is 37.8 Å². The lowest BCUT2D eigenvalue weighted by atomic mass is 9.69. The van der Waals surface area contributed by atoms with Crippen LogP contribution in [-0.4, -0.2) is 48.8 Å². The molecule has 1 fully saturated rings. The molecule has 1 saturated heterocycles. The smallest absolute Gasteiger partial charge is 0.326 e. The molecule has 196 valence electrons. The van der Waals surface area contributed by atoms with E-state index in [1.165, 1.54) is 6.26 Å². The number of hydrogen-bond donors (Lipinski definition) is 1. The first-order chi connectivity index (χ1) is 17.9. The average Bonchev–Trinajstić information content (AvgIpc) is 3.27. The van der Waals surface area contributed by atoms with Gasteiger partial charge in [0, 0.05) is 22.9 Å². The standard InChI is InChI=1S/C28H27ClN4O4S/c1-15-13-16(2)28(3)25-22(15)30-21(34)14-32(25)27(35)33-24(18-5-9-19(29)10-6-18)23(31-26(28)33)17-7-11-20(12-8-17)38(4,36)37/h5-13,15,23-24H,14H2,1-4H3,(H,30,34). The lowest BCUT2D eigenvalue weighted by Crippen LogP contribution is -2.64. The highest BCUT2D eigenvalue weighted by Gasteiger charge is 2.60. The van der Waals surface area contributed by atoms with Crippen LogP contribution in [-0.2, 0) is 14.6 Å². The van der Waals surface area contributed by atoms with E-state index in [4.69, 9.17) is 16.6 Å². The third-order valence-corrected chi connectivity index (χ3v) is 9.51. The zero-order chi connectivity index (χ0) is 27.1. The van der Waals surface area contributed by atoms with Crippen LogP contribution in [0, 0.1) is 11.3 Å². The quantitative estimate of drug-likeness (QED) is 0.564. The van der Waals surface area contributed by atoms with Crippen molar-refractivity contribution >= 4 is 39.2 Å². The molecule has 8 nitrogen and oxygen atoms in total. The molecule has 1 N–H and O–H groups in total. The number of carbonyl (C=O) groups is 2. The van der Waals surface area contributed by atoms with Gasteiger partial charge in [0.15, 0.2) is 9.84 Å². The molecule has 0 radical (unpaired) electrons. The molecule has 0 spiro atoms. The summed E-state index contributed by atoms with van der Waals surface area (Å²) in [5, 5.41) is 3.58. The van der Waals surface area contributed by atoms with Gasteiger partial charge in [-0.2, -0.15) is 0 Å². The molecule has 3 amide bonds. The Balaban J connectivity index is 1.58. The van der Waals surface area contributed by atoms with Crippen LogP contribution in [0.5, 0.6) is 0 Å². The van der Waals surface area contributed by atoms with Crippen molar-refractivity contribution in [1.29, 1.82) is 0 Å². The lowest BCUT2D eigenvalue weighted by molar-refractivity contribution is -0.122. The van der Waals surface area contributed by atoms with Crippen LogP contribution < -0.4 is 5.32 Å². The summed E-state index contributed by atoms with van der Waals surface area (Å²) < 4.78 is 24.2. The molecule has 2 aromatic carbocycles. The number of amides is 3. The molecule has 1 aliphatic carbocycles. The molecular weight excluding hydrogens is 524 g/mol. The highest BCUT2D eigenvalue weighted by molar-refractivity contribution is 7.90. The van der Waals surface area contributed by atoms with E-state index in [0.29, 0.717) is 10.9 Å². The largest absolute Gasteiger partial charge is 0.330 e. The van der Waals surface area contributed by atoms with Gasteiger partial charge >= 0.3 is 6.03 Å². The van der Waals surface area contributed by atoms with E-state index in [0.717, 1.165) is 28.1 Å². The molecule has 3 heterocycles. The predicted octanol–water partition coefficient (Wildman–Crippen LogP) is 4.62. The maximum Gasteiger partial charge on any atom is 0.330 e. The van der Waals surface area contributed by atoms with Gasteiger partial charge in [-0.15, -0.1) is 0 Å². The van der Waals surface area contributed by atoms with E-state index in [2.05, 4.69) is 18.3 Å². The minimum Gasteiger partial charge on any atom is -0.326 e. The van der Waals surface area contributed by atoms with Gasteiger partial charge in [0.1, 0.15) is 18.4 Å². The second kappa shape index (κ2) is 8.28. The normalized spacial score (nSPS) is 28.5. The molecule has 10 heteroatoms. The molecule has 4 unspecified atom stereocenters. The molecule has 0 aromatic heterocycles. The monoisotopic (exact) mass is 550 g/mol. The highest BCUT2D eigenvalue weighted by Crippen LogP contribution is 2.56. The molecule has 0 bridgehead atoms. The van der Waals surface area contributed by atoms with Crippen molar-refractivity contribution < 1.29 is 18.0 Å². The van der Waals surface area contributed by atoms with Gasteiger partial charge in [-0.25, -0.2) is 13.2 Å². The minimum atomic E-state index is -3.37. The first-order valence-electron chi connectivity index (χ1n) is 12.4. The molecule has 38 heavy (non-hydrogen) atoms. The van der Waals surface area contributed by atoms with E-state index in [9.17, 15) is 18.0 Å². The Morgan fingerprint density at radius 1 is 1.05 bits per heavy atom. The number of fused-ring (bicyclic) bond motifs is 2. The molecule has 0 saturated carbocycles. The second-order valence-electron chi connectivity index (χ2n) is 10.5. The van der Waals surface area contributed by atoms with Crippen molar-refractivity contribution in [3.63, 3.8) is 0 Å². The average molecular weight is 551 g/mol. The van der Waals surface area contributed by atoms with E-state index in [-0.39, 0.29) is 29.3 Å². The number of hydrogen-bond acceptors (Lipinski definition) is 5. The van der Waals surface area contributed by atoms with E-state index < -0.39 is 27.3 Å². The number of sulfone groups is 1. The number of allylic oxidation sites excluding steroid dienone is 1. The Morgan fingerprint density at radius 3 is 2.32 bits per heavy atom. The Kier molecular flexibility index (Phi) is 5.42. The third kappa shape index (κ3) is 3.48. The van der Waals surface area contributed by atoms with Gasteiger partial charge in [-0.3, -0.25) is 19.6 Å². The first-order valence-corrected chi connectivity index (χ1v) is 14.7. The zero-order valence-electron chi connectivity index (χ0n) is 21.4. The van der Waals surface area contributed by atoms with E-state index >= 15 is 0 Å². The third-order valence-electron chi connectivity index (χ3n) is 8.13. The van der Waals surface area contributed by atoms with Crippen LogP contribution in [0.3, 0.4) is 0 Å². The number of carbonyl (C=O) groups excluding carboxylic acids is 2. The second-order valence-corrected chi connectivity index (χ2v) is 13.0. The number of rotatable bonds is 3. The van der Waals surface area contributed by atoms with E-state index in [1.807, 2.05) is 26.0 Å².